The third-order valence-electron chi connectivity index (χ3n) is 7.38. The molecule has 2 saturated carbocycles. The van der Waals surface area contributed by atoms with E-state index in [1.165, 1.54) is 37.8 Å². The molecule has 5 atom stereocenters. The maximum atomic E-state index is 11.7. The Bertz CT molecular complexity index is 482. The summed E-state index contributed by atoms with van der Waals surface area (Å²) < 4.78 is 0. The van der Waals surface area contributed by atoms with Crippen LogP contribution in [0.4, 0.5) is 0 Å². The number of carbonyl (C=O) groups is 1. The molecule has 2 heteroatoms. The first kappa shape index (κ1) is 12.9. The lowest BCUT2D eigenvalue weighted by Gasteiger charge is -2.57. The normalized spacial score (nSPS) is 50.6. The van der Waals surface area contributed by atoms with Gasteiger partial charge in [0.2, 0.25) is 0 Å². The monoisotopic (exact) mass is 273 g/mol. The predicted octanol–water partition coefficient (Wildman–Crippen LogP) is 3.68. The molecular weight excluding hydrogens is 246 g/mol. The van der Waals surface area contributed by atoms with Crippen LogP contribution in [0.25, 0.3) is 0 Å². The van der Waals surface area contributed by atoms with Gasteiger partial charge in [-0.25, -0.2) is 0 Å². The lowest BCUT2D eigenvalue weighted by molar-refractivity contribution is -0.117. The van der Waals surface area contributed by atoms with E-state index in [1.807, 2.05) is 6.08 Å². The minimum Gasteiger partial charge on any atom is -0.387 e. The molecule has 2 nitrogen and oxygen atoms in total. The molecule has 1 saturated heterocycles. The molecule has 4 aliphatic rings. The smallest absolute Gasteiger partial charge is 0.157 e. The van der Waals surface area contributed by atoms with Gasteiger partial charge in [-0.15, -0.1) is 0 Å². The molecule has 0 spiro atoms. The van der Waals surface area contributed by atoms with E-state index in [0.717, 1.165) is 37.1 Å². The standard InChI is InChI=1S/C18H27NO/c1-17-7-3-4-14(17)13-11-19-16-10-12(20)5-9-18(16,2)15(13)6-8-17/h10,13-15,19H,3-9,11H2,1-2H3/t13-,14-,15-,17-,18+/m0/s1. The van der Waals surface area contributed by atoms with Crippen molar-refractivity contribution in [3.8, 4) is 0 Å². The average Bonchev–Trinajstić information content (AvgIpc) is 2.81. The van der Waals surface area contributed by atoms with Crippen molar-refractivity contribution < 1.29 is 4.79 Å². The Kier molecular flexibility index (Phi) is 2.66. The van der Waals surface area contributed by atoms with Gasteiger partial charge in [0.25, 0.3) is 0 Å². The molecule has 0 radical (unpaired) electrons. The second-order valence-corrected chi connectivity index (χ2v) is 8.28. The second kappa shape index (κ2) is 4.11. The lowest BCUT2D eigenvalue weighted by Crippen LogP contribution is -2.56. The number of piperidine rings is 1. The van der Waals surface area contributed by atoms with Crippen molar-refractivity contribution in [1.82, 2.24) is 5.32 Å². The average molecular weight is 273 g/mol. The lowest BCUT2D eigenvalue weighted by atomic mass is 9.51. The molecule has 0 bridgehead atoms. The number of hydrogen-bond donors (Lipinski definition) is 1. The van der Waals surface area contributed by atoms with Gasteiger partial charge in [-0.2, -0.15) is 0 Å². The molecule has 0 unspecified atom stereocenters. The van der Waals surface area contributed by atoms with Crippen molar-refractivity contribution in [2.75, 3.05) is 6.54 Å². The molecule has 0 amide bonds. The number of ketones is 1. The third kappa shape index (κ3) is 1.60. The largest absolute Gasteiger partial charge is 0.387 e. The van der Waals surface area contributed by atoms with Gasteiger partial charge >= 0.3 is 0 Å². The fourth-order valence-corrected chi connectivity index (χ4v) is 6.14. The Balaban J connectivity index is 1.69. The zero-order valence-corrected chi connectivity index (χ0v) is 12.9. The molecule has 1 aliphatic heterocycles. The molecule has 20 heavy (non-hydrogen) atoms. The molecule has 1 heterocycles. The summed E-state index contributed by atoms with van der Waals surface area (Å²) in [5, 5.41) is 3.66. The Morgan fingerprint density at radius 1 is 1.15 bits per heavy atom. The number of hydrogen-bond acceptors (Lipinski definition) is 2. The summed E-state index contributed by atoms with van der Waals surface area (Å²) in [6.07, 6.45) is 10.8. The summed E-state index contributed by atoms with van der Waals surface area (Å²) in [5.74, 6) is 2.89. The second-order valence-electron chi connectivity index (χ2n) is 8.28. The van der Waals surface area contributed by atoms with E-state index in [-0.39, 0.29) is 5.41 Å². The van der Waals surface area contributed by atoms with Crippen LogP contribution in [0.2, 0.25) is 0 Å². The highest BCUT2D eigenvalue weighted by atomic mass is 16.1. The summed E-state index contributed by atoms with van der Waals surface area (Å²) in [4.78, 5) is 11.7. The highest BCUT2D eigenvalue weighted by Gasteiger charge is 2.56. The van der Waals surface area contributed by atoms with Crippen LogP contribution in [0.5, 0.6) is 0 Å². The van der Waals surface area contributed by atoms with Gasteiger partial charge in [0.05, 0.1) is 0 Å². The maximum Gasteiger partial charge on any atom is 0.157 e. The van der Waals surface area contributed by atoms with Crippen molar-refractivity contribution in [3.63, 3.8) is 0 Å². The van der Waals surface area contributed by atoms with Crippen molar-refractivity contribution in [1.29, 1.82) is 0 Å². The summed E-state index contributed by atoms with van der Waals surface area (Å²) in [6.45, 7) is 6.07. The first-order valence-corrected chi connectivity index (χ1v) is 8.52. The minimum absolute atomic E-state index is 0.251. The third-order valence-corrected chi connectivity index (χ3v) is 7.38. The summed E-state index contributed by atoms with van der Waals surface area (Å²) >= 11 is 0. The molecule has 110 valence electrons. The zero-order chi connectivity index (χ0) is 14.0. The molecule has 3 aliphatic carbocycles. The SMILES string of the molecule is C[C@@]12CCC[C@H]1[C@@H]1CNC3=CC(=O)CC[C@]3(C)[C@H]1CC2. The minimum atomic E-state index is 0.251. The van der Waals surface area contributed by atoms with E-state index in [4.69, 9.17) is 0 Å². The van der Waals surface area contributed by atoms with Crippen LogP contribution in [0.1, 0.15) is 58.8 Å². The van der Waals surface area contributed by atoms with Crippen molar-refractivity contribution >= 4 is 5.78 Å². The van der Waals surface area contributed by atoms with Crippen molar-refractivity contribution in [2.45, 2.75) is 58.8 Å². The molecular formula is C18H27NO. The predicted molar refractivity (Wildman–Crippen MR) is 80.1 cm³/mol. The number of allylic oxidation sites excluding steroid dienone is 2. The molecule has 1 N–H and O–H groups in total. The van der Waals surface area contributed by atoms with Gasteiger partial charge in [0.15, 0.2) is 5.78 Å². The van der Waals surface area contributed by atoms with Crippen LogP contribution >= 0.6 is 0 Å². The Morgan fingerprint density at radius 2 is 2.00 bits per heavy atom. The van der Waals surface area contributed by atoms with Crippen LogP contribution in [0.3, 0.4) is 0 Å². The van der Waals surface area contributed by atoms with E-state index in [2.05, 4.69) is 19.2 Å². The van der Waals surface area contributed by atoms with Crippen molar-refractivity contribution in [3.05, 3.63) is 11.8 Å². The Hall–Kier alpha value is -0.790. The highest BCUT2D eigenvalue weighted by molar-refractivity contribution is 5.91. The molecule has 0 aromatic carbocycles. The van der Waals surface area contributed by atoms with Crippen LogP contribution in [-0.4, -0.2) is 12.3 Å². The van der Waals surface area contributed by atoms with Gasteiger partial charge in [0, 0.05) is 30.2 Å². The van der Waals surface area contributed by atoms with Gasteiger partial charge in [-0.3, -0.25) is 4.79 Å². The fourth-order valence-electron chi connectivity index (χ4n) is 6.14. The molecule has 0 aromatic heterocycles. The zero-order valence-electron chi connectivity index (χ0n) is 12.9. The Morgan fingerprint density at radius 3 is 2.85 bits per heavy atom. The number of fused-ring (bicyclic) bond motifs is 5. The van der Waals surface area contributed by atoms with Gasteiger partial charge in [0.1, 0.15) is 0 Å². The van der Waals surface area contributed by atoms with E-state index in [1.54, 1.807) is 0 Å². The summed E-state index contributed by atoms with van der Waals surface area (Å²) in [5.41, 5.74) is 2.13. The van der Waals surface area contributed by atoms with Crippen molar-refractivity contribution in [2.24, 2.45) is 28.6 Å². The van der Waals surface area contributed by atoms with Crippen LogP contribution < -0.4 is 5.32 Å². The van der Waals surface area contributed by atoms with Gasteiger partial charge in [-0.05, 0) is 55.3 Å². The number of rotatable bonds is 0. The van der Waals surface area contributed by atoms with Crippen LogP contribution in [0.15, 0.2) is 11.8 Å². The number of nitrogens with one attached hydrogen (secondary N) is 1. The van der Waals surface area contributed by atoms with Gasteiger partial charge < -0.3 is 5.32 Å². The molecule has 3 fully saturated rings. The quantitative estimate of drug-likeness (QED) is 0.729. The first-order valence-electron chi connectivity index (χ1n) is 8.52. The van der Waals surface area contributed by atoms with E-state index >= 15 is 0 Å². The van der Waals surface area contributed by atoms with Gasteiger partial charge in [-0.1, -0.05) is 20.3 Å². The van der Waals surface area contributed by atoms with E-state index in [9.17, 15) is 4.79 Å². The summed E-state index contributed by atoms with van der Waals surface area (Å²) in [6, 6.07) is 0. The topological polar surface area (TPSA) is 29.1 Å². The maximum absolute atomic E-state index is 11.7. The number of carbonyl (C=O) groups excluding carboxylic acids is 1. The first-order chi connectivity index (χ1) is 9.53. The Labute approximate surface area is 122 Å². The van der Waals surface area contributed by atoms with Crippen LogP contribution in [0, 0.1) is 28.6 Å². The molecule has 4 rings (SSSR count). The molecule has 0 aromatic rings. The fraction of sp³-hybridized carbons (Fsp3) is 0.833. The van der Waals surface area contributed by atoms with E-state index < -0.39 is 0 Å². The summed E-state index contributed by atoms with van der Waals surface area (Å²) in [7, 11) is 0. The van der Waals surface area contributed by atoms with Crippen LogP contribution in [-0.2, 0) is 4.79 Å². The highest BCUT2D eigenvalue weighted by Crippen LogP contribution is 2.62. The van der Waals surface area contributed by atoms with E-state index in [0.29, 0.717) is 11.2 Å².